The van der Waals surface area contributed by atoms with Crippen molar-refractivity contribution in [1.82, 2.24) is 10.2 Å². The molecular formula is C8H14N2O2. The topological polar surface area (TPSA) is 52.6 Å². The molecule has 68 valence electrons. The standard InChI is InChI=1S/C8H14N2O2/c1-5(2)6-4-10(3)8(12)9-7(6)11/h4-5,7,11H,1-3H3,(H,9,12). The van der Waals surface area contributed by atoms with Crippen molar-refractivity contribution in [3.05, 3.63) is 11.8 Å². The average molecular weight is 170 g/mol. The molecule has 1 unspecified atom stereocenters. The van der Waals surface area contributed by atoms with Gasteiger partial charge in [-0.25, -0.2) is 4.79 Å². The van der Waals surface area contributed by atoms with E-state index >= 15 is 0 Å². The SMILES string of the molecule is CC(C)C1=CN(C)C(=O)NC1O. The molecule has 1 rings (SSSR count). The number of urea groups is 1. The highest BCUT2D eigenvalue weighted by Gasteiger charge is 2.23. The second-order valence-electron chi connectivity index (χ2n) is 3.25. The molecule has 1 aliphatic heterocycles. The van der Waals surface area contributed by atoms with Crippen LogP contribution < -0.4 is 5.32 Å². The molecule has 1 heterocycles. The minimum atomic E-state index is -0.825. The zero-order valence-corrected chi connectivity index (χ0v) is 7.53. The Bertz CT molecular complexity index is 223. The Morgan fingerprint density at radius 1 is 1.67 bits per heavy atom. The first-order chi connectivity index (χ1) is 5.52. The third-order valence-corrected chi connectivity index (χ3v) is 1.91. The second kappa shape index (κ2) is 3.15. The van der Waals surface area contributed by atoms with E-state index in [0.717, 1.165) is 5.57 Å². The normalized spacial score (nSPS) is 24.1. The maximum absolute atomic E-state index is 11.0. The lowest BCUT2D eigenvalue weighted by atomic mass is 10.0. The highest BCUT2D eigenvalue weighted by molar-refractivity contribution is 5.76. The van der Waals surface area contributed by atoms with E-state index in [0.29, 0.717) is 0 Å². The second-order valence-corrected chi connectivity index (χ2v) is 3.25. The number of hydrogen-bond donors (Lipinski definition) is 2. The summed E-state index contributed by atoms with van der Waals surface area (Å²) in [6.07, 6.45) is 0.849. The number of hydrogen-bond acceptors (Lipinski definition) is 2. The van der Waals surface area contributed by atoms with Gasteiger partial charge in [0.25, 0.3) is 0 Å². The number of nitrogens with zero attached hydrogens (tertiary/aromatic N) is 1. The van der Waals surface area contributed by atoms with Crippen molar-refractivity contribution in [1.29, 1.82) is 0 Å². The van der Waals surface area contributed by atoms with Crippen LogP contribution in [-0.2, 0) is 0 Å². The van der Waals surface area contributed by atoms with E-state index < -0.39 is 6.23 Å². The minimum Gasteiger partial charge on any atom is -0.370 e. The average Bonchev–Trinajstić information content (AvgIpc) is 1.96. The van der Waals surface area contributed by atoms with Gasteiger partial charge in [-0.1, -0.05) is 13.8 Å². The van der Waals surface area contributed by atoms with E-state index in [4.69, 9.17) is 0 Å². The first-order valence-corrected chi connectivity index (χ1v) is 3.95. The third kappa shape index (κ3) is 1.58. The van der Waals surface area contributed by atoms with Crippen molar-refractivity contribution in [2.75, 3.05) is 7.05 Å². The van der Waals surface area contributed by atoms with E-state index in [9.17, 15) is 9.90 Å². The van der Waals surface area contributed by atoms with Gasteiger partial charge >= 0.3 is 6.03 Å². The Morgan fingerprint density at radius 2 is 2.25 bits per heavy atom. The first-order valence-electron chi connectivity index (χ1n) is 3.95. The van der Waals surface area contributed by atoms with Crippen LogP contribution in [0, 0.1) is 5.92 Å². The molecule has 0 aromatic rings. The maximum atomic E-state index is 11.0. The summed E-state index contributed by atoms with van der Waals surface area (Å²) in [6.45, 7) is 3.95. The lowest BCUT2D eigenvalue weighted by Gasteiger charge is -2.28. The Labute approximate surface area is 71.9 Å². The molecule has 1 aliphatic rings. The lowest BCUT2D eigenvalue weighted by Crippen LogP contribution is -2.47. The van der Waals surface area contributed by atoms with Crippen LogP contribution >= 0.6 is 0 Å². The molecule has 12 heavy (non-hydrogen) atoms. The lowest BCUT2D eigenvalue weighted by molar-refractivity contribution is 0.140. The summed E-state index contributed by atoms with van der Waals surface area (Å²) in [4.78, 5) is 12.4. The zero-order valence-electron chi connectivity index (χ0n) is 7.53. The van der Waals surface area contributed by atoms with Gasteiger partial charge in [0.05, 0.1) is 0 Å². The fourth-order valence-electron chi connectivity index (χ4n) is 1.12. The highest BCUT2D eigenvalue weighted by atomic mass is 16.3. The van der Waals surface area contributed by atoms with E-state index in [-0.39, 0.29) is 11.9 Å². The summed E-state index contributed by atoms with van der Waals surface area (Å²) < 4.78 is 0. The summed E-state index contributed by atoms with van der Waals surface area (Å²) in [7, 11) is 1.66. The van der Waals surface area contributed by atoms with Gasteiger partial charge in [0, 0.05) is 13.2 Å². The smallest absolute Gasteiger partial charge is 0.323 e. The number of nitrogens with one attached hydrogen (secondary N) is 1. The molecule has 0 aliphatic carbocycles. The Balaban J connectivity index is 2.85. The van der Waals surface area contributed by atoms with Crippen LogP contribution in [-0.4, -0.2) is 29.3 Å². The number of aliphatic hydroxyl groups excluding tert-OH is 1. The summed E-state index contributed by atoms with van der Waals surface area (Å²) in [5.41, 5.74) is 0.831. The van der Waals surface area contributed by atoms with Gasteiger partial charge < -0.3 is 15.3 Å². The summed E-state index contributed by atoms with van der Waals surface area (Å²) in [5.74, 6) is 0.239. The largest absolute Gasteiger partial charge is 0.370 e. The first kappa shape index (κ1) is 9.06. The van der Waals surface area contributed by atoms with Crippen molar-refractivity contribution < 1.29 is 9.90 Å². The minimum absolute atomic E-state index is 0.239. The Kier molecular flexibility index (Phi) is 2.38. The van der Waals surface area contributed by atoms with Gasteiger partial charge in [-0.05, 0) is 11.5 Å². The monoisotopic (exact) mass is 170 g/mol. The number of aliphatic hydroxyl groups is 1. The molecule has 0 fully saturated rings. The van der Waals surface area contributed by atoms with E-state index in [1.807, 2.05) is 13.8 Å². The number of carbonyl (C=O) groups excluding carboxylic acids is 1. The highest BCUT2D eigenvalue weighted by Crippen LogP contribution is 2.16. The number of carbonyl (C=O) groups is 1. The van der Waals surface area contributed by atoms with Gasteiger partial charge in [0.1, 0.15) is 0 Å². The van der Waals surface area contributed by atoms with Crippen LogP contribution in [0.15, 0.2) is 11.8 Å². The molecule has 0 bridgehead atoms. The van der Waals surface area contributed by atoms with E-state index in [1.54, 1.807) is 13.2 Å². The van der Waals surface area contributed by atoms with Crippen LogP contribution in [0.3, 0.4) is 0 Å². The van der Waals surface area contributed by atoms with Crippen molar-refractivity contribution in [3.63, 3.8) is 0 Å². The predicted octanol–water partition coefficient (Wildman–Crippen LogP) is 0.500. The van der Waals surface area contributed by atoms with Crippen LogP contribution in [0.2, 0.25) is 0 Å². The molecule has 4 heteroatoms. The third-order valence-electron chi connectivity index (χ3n) is 1.91. The molecule has 2 amide bonds. The molecule has 1 atom stereocenters. The maximum Gasteiger partial charge on any atom is 0.323 e. The van der Waals surface area contributed by atoms with Gasteiger partial charge in [-0.15, -0.1) is 0 Å². The van der Waals surface area contributed by atoms with Crippen molar-refractivity contribution in [2.24, 2.45) is 5.92 Å². The molecule has 0 saturated carbocycles. The molecule has 0 radical (unpaired) electrons. The van der Waals surface area contributed by atoms with Gasteiger partial charge in [-0.3, -0.25) is 0 Å². The van der Waals surface area contributed by atoms with Gasteiger partial charge in [0.15, 0.2) is 6.23 Å². The van der Waals surface area contributed by atoms with Crippen molar-refractivity contribution in [3.8, 4) is 0 Å². The predicted molar refractivity (Wildman–Crippen MR) is 45.2 cm³/mol. The van der Waals surface area contributed by atoms with Gasteiger partial charge in [-0.2, -0.15) is 0 Å². The van der Waals surface area contributed by atoms with Crippen LogP contribution in [0.4, 0.5) is 4.79 Å². The molecule has 0 saturated heterocycles. The molecule has 4 nitrogen and oxygen atoms in total. The van der Waals surface area contributed by atoms with Gasteiger partial charge in [0.2, 0.25) is 0 Å². The quantitative estimate of drug-likeness (QED) is 0.602. The number of rotatable bonds is 1. The fourth-order valence-corrected chi connectivity index (χ4v) is 1.12. The van der Waals surface area contributed by atoms with Crippen LogP contribution in [0.5, 0.6) is 0 Å². The van der Waals surface area contributed by atoms with Crippen molar-refractivity contribution >= 4 is 6.03 Å². The molecule has 0 aromatic carbocycles. The molecule has 0 aromatic heterocycles. The summed E-state index contributed by atoms with van der Waals surface area (Å²) in [5, 5.41) is 11.8. The van der Waals surface area contributed by atoms with Crippen LogP contribution in [0.25, 0.3) is 0 Å². The van der Waals surface area contributed by atoms with E-state index in [1.165, 1.54) is 4.90 Å². The summed E-state index contributed by atoms with van der Waals surface area (Å²) >= 11 is 0. The van der Waals surface area contributed by atoms with Crippen LogP contribution in [0.1, 0.15) is 13.8 Å². The summed E-state index contributed by atoms with van der Waals surface area (Å²) in [6, 6.07) is -0.271. The molecule has 0 spiro atoms. The molecule has 2 N–H and O–H groups in total. The Hall–Kier alpha value is -1.03. The zero-order chi connectivity index (χ0) is 9.30. The Morgan fingerprint density at radius 3 is 2.75 bits per heavy atom. The van der Waals surface area contributed by atoms with Crippen molar-refractivity contribution in [2.45, 2.75) is 20.1 Å². The fraction of sp³-hybridized carbons (Fsp3) is 0.625. The molecular weight excluding hydrogens is 156 g/mol. The van der Waals surface area contributed by atoms with E-state index in [2.05, 4.69) is 5.32 Å². The number of amides is 2.